The van der Waals surface area contributed by atoms with Crippen molar-refractivity contribution in [3.8, 4) is 0 Å². The van der Waals surface area contributed by atoms with Crippen LogP contribution in [0.5, 0.6) is 0 Å². The second-order valence-electron chi connectivity index (χ2n) is 5.11. The topological polar surface area (TPSA) is 97.1 Å². The highest BCUT2D eigenvalue weighted by molar-refractivity contribution is 5.98. The highest BCUT2D eigenvalue weighted by atomic mass is 16.2. The maximum atomic E-state index is 11.9. The molecule has 6 heteroatoms. The number of aryl methyl sites for hydroxylation is 1. The van der Waals surface area contributed by atoms with E-state index in [0.29, 0.717) is 36.7 Å². The van der Waals surface area contributed by atoms with E-state index in [1.807, 2.05) is 6.92 Å². The normalized spacial score (nSPS) is 13.8. The number of carbonyl (C=O) groups excluding carboxylic acids is 2. The SMILES string of the molecule is Cc1cc(N)c(C(=O)NCCCC(=O)NC2CC2)cn1. The van der Waals surface area contributed by atoms with E-state index in [1.54, 1.807) is 6.07 Å². The molecule has 0 atom stereocenters. The quantitative estimate of drug-likeness (QED) is 0.668. The Morgan fingerprint density at radius 1 is 1.45 bits per heavy atom. The van der Waals surface area contributed by atoms with E-state index in [4.69, 9.17) is 5.73 Å². The molecule has 2 rings (SSSR count). The number of hydrogen-bond donors (Lipinski definition) is 3. The van der Waals surface area contributed by atoms with Crippen LogP contribution in [-0.2, 0) is 4.79 Å². The van der Waals surface area contributed by atoms with Crippen LogP contribution in [0.25, 0.3) is 0 Å². The molecule has 0 spiro atoms. The molecule has 6 nitrogen and oxygen atoms in total. The van der Waals surface area contributed by atoms with Crippen molar-refractivity contribution in [2.45, 2.75) is 38.6 Å². The van der Waals surface area contributed by atoms with Gasteiger partial charge in [-0.25, -0.2) is 0 Å². The highest BCUT2D eigenvalue weighted by Gasteiger charge is 2.22. The minimum atomic E-state index is -0.252. The van der Waals surface area contributed by atoms with Crippen molar-refractivity contribution < 1.29 is 9.59 Å². The number of aromatic nitrogens is 1. The van der Waals surface area contributed by atoms with Crippen LogP contribution in [0, 0.1) is 6.92 Å². The predicted octanol–water partition coefficient (Wildman–Crippen LogP) is 0.761. The van der Waals surface area contributed by atoms with Crippen LogP contribution in [0.4, 0.5) is 5.69 Å². The minimum absolute atomic E-state index is 0.0539. The van der Waals surface area contributed by atoms with Gasteiger partial charge in [-0.3, -0.25) is 14.6 Å². The number of nitrogens with one attached hydrogen (secondary N) is 2. The summed E-state index contributed by atoms with van der Waals surface area (Å²) >= 11 is 0. The summed E-state index contributed by atoms with van der Waals surface area (Å²) in [6.45, 7) is 2.26. The van der Waals surface area contributed by atoms with Crippen LogP contribution in [0.2, 0.25) is 0 Å². The van der Waals surface area contributed by atoms with Gasteiger partial charge in [0, 0.05) is 36.6 Å². The molecule has 0 aromatic carbocycles. The molecule has 0 aliphatic heterocycles. The molecule has 108 valence electrons. The zero-order chi connectivity index (χ0) is 14.5. The average molecular weight is 276 g/mol. The summed E-state index contributed by atoms with van der Waals surface area (Å²) in [5.41, 5.74) is 7.34. The monoisotopic (exact) mass is 276 g/mol. The number of nitrogen functional groups attached to an aromatic ring is 1. The number of anilines is 1. The summed E-state index contributed by atoms with van der Waals surface area (Å²) in [7, 11) is 0. The van der Waals surface area contributed by atoms with E-state index in [1.165, 1.54) is 6.20 Å². The van der Waals surface area contributed by atoms with Gasteiger partial charge in [0.05, 0.1) is 5.56 Å². The zero-order valence-electron chi connectivity index (χ0n) is 11.6. The Balaban J connectivity index is 1.70. The summed E-state index contributed by atoms with van der Waals surface area (Å²) in [6.07, 6.45) is 4.69. The van der Waals surface area contributed by atoms with Gasteiger partial charge in [-0.05, 0) is 32.3 Å². The van der Waals surface area contributed by atoms with Crippen molar-refractivity contribution in [3.05, 3.63) is 23.5 Å². The van der Waals surface area contributed by atoms with Gasteiger partial charge in [0.2, 0.25) is 5.91 Å². The summed E-state index contributed by atoms with van der Waals surface area (Å²) in [4.78, 5) is 27.4. The van der Waals surface area contributed by atoms with E-state index in [-0.39, 0.29) is 11.8 Å². The first-order valence-electron chi connectivity index (χ1n) is 6.86. The second-order valence-corrected chi connectivity index (χ2v) is 5.11. The van der Waals surface area contributed by atoms with Gasteiger partial charge in [0.25, 0.3) is 5.91 Å². The third-order valence-electron chi connectivity index (χ3n) is 3.13. The molecule has 1 aromatic heterocycles. The molecule has 0 saturated heterocycles. The summed E-state index contributed by atoms with van der Waals surface area (Å²) in [6, 6.07) is 2.05. The molecular formula is C14H20N4O2. The first-order chi connectivity index (χ1) is 9.56. The molecule has 0 unspecified atom stereocenters. The van der Waals surface area contributed by atoms with Gasteiger partial charge < -0.3 is 16.4 Å². The lowest BCUT2D eigenvalue weighted by Gasteiger charge is -2.08. The van der Waals surface area contributed by atoms with Crippen molar-refractivity contribution in [1.29, 1.82) is 0 Å². The van der Waals surface area contributed by atoms with Gasteiger partial charge in [-0.15, -0.1) is 0 Å². The number of pyridine rings is 1. The van der Waals surface area contributed by atoms with Crippen LogP contribution in [0.3, 0.4) is 0 Å². The van der Waals surface area contributed by atoms with Crippen LogP contribution in [0.15, 0.2) is 12.3 Å². The minimum Gasteiger partial charge on any atom is -0.398 e. The Labute approximate surface area is 118 Å². The Hall–Kier alpha value is -2.11. The molecule has 1 aliphatic carbocycles. The van der Waals surface area contributed by atoms with Gasteiger partial charge >= 0.3 is 0 Å². The maximum absolute atomic E-state index is 11.9. The zero-order valence-corrected chi connectivity index (χ0v) is 11.6. The first-order valence-corrected chi connectivity index (χ1v) is 6.86. The van der Waals surface area contributed by atoms with E-state index in [0.717, 1.165) is 18.5 Å². The van der Waals surface area contributed by atoms with Crippen molar-refractivity contribution in [3.63, 3.8) is 0 Å². The number of rotatable bonds is 6. The van der Waals surface area contributed by atoms with Crippen molar-refractivity contribution in [2.24, 2.45) is 0 Å². The maximum Gasteiger partial charge on any atom is 0.254 e. The standard InChI is InChI=1S/C14H20N4O2/c1-9-7-12(15)11(8-17-9)14(20)16-6-2-3-13(19)18-10-4-5-10/h7-8,10H,2-6H2,1H3,(H2,15,17)(H,16,20)(H,18,19). The fourth-order valence-electron chi connectivity index (χ4n) is 1.84. The fraction of sp³-hybridized carbons (Fsp3) is 0.500. The molecule has 1 heterocycles. The lowest BCUT2D eigenvalue weighted by molar-refractivity contribution is -0.121. The Morgan fingerprint density at radius 2 is 2.20 bits per heavy atom. The Kier molecular flexibility index (Phi) is 4.55. The molecule has 1 fully saturated rings. The average Bonchev–Trinajstić information content (AvgIpc) is 3.18. The third kappa shape index (κ3) is 4.22. The van der Waals surface area contributed by atoms with Gasteiger partial charge in [-0.1, -0.05) is 0 Å². The largest absolute Gasteiger partial charge is 0.398 e. The molecule has 0 bridgehead atoms. The highest BCUT2D eigenvalue weighted by Crippen LogP contribution is 2.18. The fourth-order valence-corrected chi connectivity index (χ4v) is 1.84. The lowest BCUT2D eigenvalue weighted by atomic mass is 10.2. The number of nitrogens with two attached hydrogens (primary N) is 1. The van der Waals surface area contributed by atoms with Crippen molar-refractivity contribution in [2.75, 3.05) is 12.3 Å². The Bertz CT molecular complexity index is 512. The lowest BCUT2D eigenvalue weighted by Crippen LogP contribution is -2.28. The summed E-state index contributed by atoms with van der Waals surface area (Å²) in [5.74, 6) is -0.198. The molecular weight excluding hydrogens is 256 g/mol. The predicted molar refractivity (Wildman–Crippen MR) is 76.1 cm³/mol. The van der Waals surface area contributed by atoms with E-state index in [9.17, 15) is 9.59 Å². The Morgan fingerprint density at radius 3 is 2.85 bits per heavy atom. The van der Waals surface area contributed by atoms with E-state index in [2.05, 4.69) is 15.6 Å². The van der Waals surface area contributed by atoms with Gasteiger partial charge in [0.1, 0.15) is 0 Å². The van der Waals surface area contributed by atoms with Crippen LogP contribution in [-0.4, -0.2) is 29.4 Å². The van der Waals surface area contributed by atoms with Gasteiger partial charge in [-0.2, -0.15) is 0 Å². The molecule has 2 amide bonds. The first kappa shape index (κ1) is 14.3. The molecule has 0 radical (unpaired) electrons. The molecule has 4 N–H and O–H groups in total. The molecule has 20 heavy (non-hydrogen) atoms. The van der Waals surface area contributed by atoms with Crippen molar-refractivity contribution in [1.82, 2.24) is 15.6 Å². The van der Waals surface area contributed by atoms with Crippen LogP contribution in [0.1, 0.15) is 41.7 Å². The smallest absolute Gasteiger partial charge is 0.254 e. The summed E-state index contributed by atoms with van der Waals surface area (Å²) in [5, 5.41) is 5.65. The van der Waals surface area contributed by atoms with E-state index >= 15 is 0 Å². The number of carbonyl (C=O) groups is 2. The molecule has 1 saturated carbocycles. The third-order valence-corrected chi connectivity index (χ3v) is 3.13. The summed E-state index contributed by atoms with van der Waals surface area (Å²) < 4.78 is 0. The number of nitrogens with zero attached hydrogens (tertiary/aromatic N) is 1. The van der Waals surface area contributed by atoms with Crippen LogP contribution >= 0.6 is 0 Å². The van der Waals surface area contributed by atoms with E-state index < -0.39 is 0 Å². The second kappa shape index (κ2) is 6.36. The molecule has 1 aliphatic rings. The molecule has 1 aromatic rings. The van der Waals surface area contributed by atoms with Crippen LogP contribution < -0.4 is 16.4 Å². The van der Waals surface area contributed by atoms with Crippen molar-refractivity contribution >= 4 is 17.5 Å². The number of amides is 2. The van der Waals surface area contributed by atoms with Gasteiger partial charge in [0.15, 0.2) is 0 Å². The number of hydrogen-bond acceptors (Lipinski definition) is 4.